The molecule has 2 aromatic carbocycles. The van der Waals surface area contributed by atoms with Gasteiger partial charge in [-0.1, -0.05) is 11.8 Å². The Balaban J connectivity index is 2.42. The van der Waals surface area contributed by atoms with E-state index in [1.165, 1.54) is 12.1 Å². The molecule has 0 spiro atoms. The Morgan fingerprint density at radius 1 is 0.579 bits per heavy atom. The van der Waals surface area contributed by atoms with E-state index >= 15 is 0 Å². The number of benzene rings is 2. The van der Waals surface area contributed by atoms with Crippen molar-refractivity contribution in [3.05, 3.63) is 24.3 Å². The van der Waals surface area contributed by atoms with Crippen LogP contribution in [0.3, 0.4) is 0 Å². The van der Waals surface area contributed by atoms with E-state index in [0.717, 1.165) is 23.9 Å². The molecule has 2 aromatic rings. The smallest absolute Gasteiger partial charge is 0.201 e. The predicted octanol–water partition coefficient (Wildman–Crippen LogP) is 2.07. The molecule has 0 fully saturated rings. The Hall–Kier alpha value is -2.41. The summed E-state index contributed by atoms with van der Waals surface area (Å²) in [6.45, 7) is 0. The molecule has 19 heavy (non-hydrogen) atoms. The normalized spacial score (nSPS) is 10.5. The molecule has 6 N–H and O–H groups in total. The topological polar surface area (TPSA) is 121 Å². The zero-order valence-corrected chi connectivity index (χ0v) is 10.2. The quantitative estimate of drug-likeness (QED) is 0.368. The van der Waals surface area contributed by atoms with E-state index in [0.29, 0.717) is 0 Å². The molecular weight excluding hydrogens is 272 g/mol. The van der Waals surface area contributed by atoms with Crippen LogP contribution in [0.25, 0.3) is 0 Å². The second-order valence-electron chi connectivity index (χ2n) is 3.69. The maximum absolute atomic E-state index is 9.63. The van der Waals surface area contributed by atoms with Crippen LogP contribution < -0.4 is 0 Å². The number of phenolic OH excluding ortho intramolecular Hbond substituents is 6. The highest BCUT2D eigenvalue weighted by Crippen LogP contribution is 2.47. The molecule has 0 atom stereocenters. The van der Waals surface area contributed by atoms with E-state index in [9.17, 15) is 30.6 Å². The highest BCUT2D eigenvalue weighted by Gasteiger charge is 2.15. The van der Waals surface area contributed by atoms with Gasteiger partial charge in [-0.15, -0.1) is 0 Å². The van der Waals surface area contributed by atoms with Crippen molar-refractivity contribution in [1.82, 2.24) is 0 Å². The van der Waals surface area contributed by atoms with Gasteiger partial charge in [-0.25, -0.2) is 0 Å². The van der Waals surface area contributed by atoms with Gasteiger partial charge in [-0.3, -0.25) is 0 Å². The summed E-state index contributed by atoms with van der Waals surface area (Å²) in [7, 11) is 0. The van der Waals surface area contributed by atoms with Crippen LogP contribution in [-0.4, -0.2) is 30.6 Å². The van der Waals surface area contributed by atoms with Gasteiger partial charge in [0.2, 0.25) is 5.75 Å². The fraction of sp³-hybridized carbons (Fsp3) is 0. The van der Waals surface area contributed by atoms with Gasteiger partial charge in [0.1, 0.15) is 5.75 Å². The first-order chi connectivity index (χ1) is 8.90. The van der Waals surface area contributed by atoms with Crippen LogP contribution in [0.4, 0.5) is 0 Å². The minimum absolute atomic E-state index is 0.163. The summed E-state index contributed by atoms with van der Waals surface area (Å²) in [5, 5.41) is 56.3. The molecule has 0 aliphatic heterocycles. The van der Waals surface area contributed by atoms with Crippen LogP contribution in [0.15, 0.2) is 34.1 Å². The average Bonchev–Trinajstić information content (AvgIpc) is 2.36. The van der Waals surface area contributed by atoms with Crippen LogP contribution in [0, 0.1) is 0 Å². The lowest BCUT2D eigenvalue weighted by Gasteiger charge is -2.09. The van der Waals surface area contributed by atoms with Gasteiger partial charge in [0.15, 0.2) is 23.0 Å². The van der Waals surface area contributed by atoms with Crippen molar-refractivity contribution in [2.75, 3.05) is 0 Å². The van der Waals surface area contributed by atoms with Crippen molar-refractivity contribution in [2.24, 2.45) is 0 Å². The van der Waals surface area contributed by atoms with Crippen LogP contribution in [0.2, 0.25) is 0 Å². The highest BCUT2D eigenvalue weighted by molar-refractivity contribution is 7.99. The molecule has 0 saturated heterocycles. The molecule has 0 heterocycles. The fourth-order valence-electron chi connectivity index (χ4n) is 1.38. The molecule has 0 aliphatic carbocycles. The molecule has 0 amide bonds. The lowest BCUT2D eigenvalue weighted by atomic mass is 10.3. The zero-order valence-electron chi connectivity index (χ0n) is 9.40. The van der Waals surface area contributed by atoms with Crippen LogP contribution >= 0.6 is 11.8 Å². The Labute approximate surface area is 111 Å². The molecule has 2 rings (SSSR count). The Bertz CT molecular complexity index is 641. The minimum atomic E-state index is -0.674. The van der Waals surface area contributed by atoms with Gasteiger partial charge >= 0.3 is 0 Å². The standard InChI is InChI=1S/C12H10O6S/c13-5-1-2-9(12(18)11(5)17)19-10-4-7(15)6(14)3-8(10)16/h1-4,13-18H. The Morgan fingerprint density at radius 3 is 1.89 bits per heavy atom. The van der Waals surface area contributed by atoms with Gasteiger partial charge in [0.05, 0.1) is 9.79 Å². The second-order valence-corrected chi connectivity index (χ2v) is 4.77. The van der Waals surface area contributed by atoms with E-state index in [2.05, 4.69) is 0 Å². The van der Waals surface area contributed by atoms with Gasteiger partial charge in [0.25, 0.3) is 0 Å². The minimum Gasteiger partial charge on any atom is -0.507 e. The summed E-state index contributed by atoms with van der Waals surface area (Å²) in [6, 6.07) is 4.57. The van der Waals surface area contributed by atoms with Gasteiger partial charge in [0, 0.05) is 12.1 Å². The van der Waals surface area contributed by atoms with E-state index in [-0.39, 0.29) is 15.5 Å². The van der Waals surface area contributed by atoms with Crippen LogP contribution in [0.1, 0.15) is 0 Å². The number of hydrogen-bond donors (Lipinski definition) is 6. The first kappa shape index (κ1) is 13.0. The molecular formula is C12H10O6S. The van der Waals surface area contributed by atoms with Crippen molar-refractivity contribution in [2.45, 2.75) is 9.79 Å². The first-order valence-corrected chi connectivity index (χ1v) is 5.88. The average molecular weight is 282 g/mol. The van der Waals surface area contributed by atoms with Gasteiger partial charge in [-0.05, 0) is 12.1 Å². The third-order valence-corrected chi connectivity index (χ3v) is 3.47. The van der Waals surface area contributed by atoms with Crippen molar-refractivity contribution >= 4 is 11.8 Å². The number of rotatable bonds is 2. The number of hydrogen-bond acceptors (Lipinski definition) is 7. The summed E-state index contributed by atoms with van der Waals surface area (Å²) in [4.78, 5) is 0.325. The number of aromatic hydroxyl groups is 6. The summed E-state index contributed by atoms with van der Waals surface area (Å²) < 4.78 is 0. The van der Waals surface area contributed by atoms with E-state index in [1.807, 2.05) is 0 Å². The maximum Gasteiger partial charge on any atom is 0.201 e. The monoisotopic (exact) mass is 282 g/mol. The van der Waals surface area contributed by atoms with E-state index in [4.69, 9.17) is 0 Å². The van der Waals surface area contributed by atoms with Gasteiger partial charge < -0.3 is 30.6 Å². The van der Waals surface area contributed by atoms with Crippen molar-refractivity contribution in [3.63, 3.8) is 0 Å². The van der Waals surface area contributed by atoms with Crippen LogP contribution in [-0.2, 0) is 0 Å². The van der Waals surface area contributed by atoms with Crippen molar-refractivity contribution in [3.8, 4) is 34.5 Å². The van der Waals surface area contributed by atoms with Gasteiger partial charge in [-0.2, -0.15) is 0 Å². The predicted molar refractivity (Wildman–Crippen MR) is 67.0 cm³/mol. The molecule has 0 saturated carbocycles. The summed E-state index contributed by atoms with van der Waals surface area (Å²) in [5.74, 6) is -2.89. The third kappa shape index (κ3) is 2.41. The Kier molecular flexibility index (Phi) is 3.22. The lowest BCUT2D eigenvalue weighted by Crippen LogP contribution is -1.80. The van der Waals surface area contributed by atoms with E-state index in [1.54, 1.807) is 0 Å². The molecule has 0 bridgehead atoms. The molecule has 0 radical (unpaired) electrons. The van der Waals surface area contributed by atoms with E-state index < -0.39 is 28.7 Å². The summed E-state index contributed by atoms with van der Waals surface area (Å²) in [5.41, 5.74) is 0. The second kappa shape index (κ2) is 4.69. The summed E-state index contributed by atoms with van der Waals surface area (Å²) in [6.07, 6.45) is 0. The molecule has 100 valence electrons. The lowest BCUT2D eigenvalue weighted by molar-refractivity contribution is 0.362. The largest absolute Gasteiger partial charge is 0.507 e. The molecule has 0 aromatic heterocycles. The van der Waals surface area contributed by atoms with Crippen molar-refractivity contribution < 1.29 is 30.6 Å². The molecule has 0 aliphatic rings. The SMILES string of the molecule is Oc1cc(O)c(Sc2ccc(O)c(O)c2O)cc1O. The molecule has 6 nitrogen and oxygen atoms in total. The van der Waals surface area contributed by atoms with Crippen LogP contribution in [0.5, 0.6) is 34.5 Å². The van der Waals surface area contributed by atoms with Crippen molar-refractivity contribution in [1.29, 1.82) is 0 Å². The summed E-state index contributed by atoms with van der Waals surface area (Å²) >= 11 is 0.844. The number of phenols is 6. The molecule has 7 heteroatoms. The maximum atomic E-state index is 9.63. The third-order valence-electron chi connectivity index (χ3n) is 2.37. The Morgan fingerprint density at radius 2 is 1.21 bits per heavy atom. The fourth-order valence-corrected chi connectivity index (χ4v) is 2.28. The first-order valence-electron chi connectivity index (χ1n) is 5.07. The molecule has 0 unspecified atom stereocenters. The highest BCUT2D eigenvalue weighted by atomic mass is 32.2. The zero-order chi connectivity index (χ0) is 14.2.